The fourth-order valence-corrected chi connectivity index (χ4v) is 2.73. The molecule has 0 aliphatic carbocycles. The van der Waals surface area contributed by atoms with Crippen molar-refractivity contribution in [2.75, 3.05) is 37.6 Å². The average Bonchev–Trinajstić information content (AvgIpc) is 2.79. The van der Waals surface area contributed by atoms with Crippen LogP contribution < -0.4 is 16.8 Å². The lowest BCUT2D eigenvalue weighted by molar-refractivity contribution is 0.0618. The molecule has 0 saturated carbocycles. The summed E-state index contributed by atoms with van der Waals surface area (Å²) in [6.45, 7) is 2.19. The van der Waals surface area contributed by atoms with Crippen molar-refractivity contribution in [1.29, 1.82) is 0 Å². The first-order chi connectivity index (χ1) is 9.56. The summed E-state index contributed by atoms with van der Waals surface area (Å²) in [4.78, 5) is 27.5. The van der Waals surface area contributed by atoms with E-state index in [0.29, 0.717) is 43.1 Å². The number of hydrogen-bond donors (Lipinski definition) is 3. The molecule has 0 radical (unpaired) electrons. The van der Waals surface area contributed by atoms with E-state index < -0.39 is 0 Å². The van der Waals surface area contributed by atoms with E-state index in [9.17, 15) is 9.59 Å². The van der Waals surface area contributed by atoms with Crippen LogP contribution in [0.15, 0.2) is 18.2 Å². The zero-order chi connectivity index (χ0) is 14.3. The Kier molecular flexibility index (Phi) is 2.89. The van der Waals surface area contributed by atoms with Crippen LogP contribution in [0.5, 0.6) is 0 Å². The molecular weight excluding hydrogens is 258 g/mol. The van der Waals surface area contributed by atoms with Gasteiger partial charge in [0.15, 0.2) is 0 Å². The molecule has 2 heterocycles. The SMILES string of the molecule is Nc1ccc(C(=O)N2CCN3C(=O)NCC3C2)c(N)c1. The highest BCUT2D eigenvalue weighted by molar-refractivity contribution is 5.99. The number of urea groups is 1. The molecule has 0 aromatic heterocycles. The first-order valence-corrected chi connectivity index (χ1v) is 6.55. The minimum atomic E-state index is -0.110. The van der Waals surface area contributed by atoms with Crippen LogP contribution in [0, 0.1) is 0 Å². The average molecular weight is 275 g/mol. The van der Waals surface area contributed by atoms with Gasteiger partial charge in [-0.25, -0.2) is 4.79 Å². The molecule has 2 fully saturated rings. The quantitative estimate of drug-likeness (QED) is 0.612. The number of nitrogens with one attached hydrogen (secondary N) is 1. The van der Waals surface area contributed by atoms with Crippen LogP contribution in [0.25, 0.3) is 0 Å². The predicted octanol–water partition coefficient (Wildman–Crippen LogP) is -0.299. The van der Waals surface area contributed by atoms with Gasteiger partial charge in [0.05, 0.1) is 11.6 Å². The molecule has 1 unspecified atom stereocenters. The van der Waals surface area contributed by atoms with E-state index in [2.05, 4.69) is 5.32 Å². The van der Waals surface area contributed by atoms with E-state index >= 15 is 0 Å². The monoisotopic (exact) mass is 275 g/mol. The highest BCUT2D eigenvalue weighted by atomic mass is 16.2. The smallest absolute Gasteiger partial charge is 0.317 e. The topological polar surface area (TPSA) is 105 Å². The molecule has 3 rings (SSSR count). The molecule has 7 heteroatoms. The van der Waals surface area contributed by atoms with E-state index in [-0.39, 0.29) is 18.0 Å². The molecule has 2 aliphatic rings. The number of fused-ring (bicyclic) bond motifs is 1. The molecular formula is C13H17N5O2. The molecule has 20 heavy (non-hydrogen) atoms. The summed E-state index contributed by atoms with van der Waals surface area (Å²) < 4.78 is 0. The van der Waals surface area contributed by atoms with Crippen molar-refractivity contribution in [3.05, 3.63) is 23.8 Å². The normalized spacial score (nSPS) is 21.6. The molecule has 0 spiro atoms. The Morgan fingerprint density at radius 2 is 2.10 bits per heavy atom. The van der Waals surface area contributed by atoms with Gasteiger partial charge < -0.3 is 26.6 Å². The molecule has 0 bridgehead atoms. The first-order valence-electron chi connectivity index (χ1n) is 6.55. The Hall–Kier alpha value is -2.44. The summed E-state index contributed by atoms with van der Waals surface area (Å²) in [5.41, 5.74) is 12.9. The summed E-state index contributed by atoms with van der Waals surface area (Å²) in [5, 5.41) is 2.79. The fraction of sp³-hybridized carbons (Fsp3) is 0.385. The lowest BCUT2D eigenvalue weighted by atomic mass is 10.1. The maximum Gasteiger partial charge on any atom is 0.317 e. The Bertz CT molecular complexity index is 574. The van der Waals surface area contributed by atoms with Gasteiger partial charge in [-0.3, -0.25) is 4.79 Å². The molecule has 1 aromatic carbocycles. The van der Waals surface area contributed by atoms with Gasteiger partial charge in [0.1, 0.15) is 0 Å². The highest BCUT2D eigenvalue weighted by Gasteiger charge is 2.37. The van der Waals surface area contributed by atoms with Crippen molar-refractivity contribution < 1.29 is 9.59 Å². The number of nitrogen functional groups attached to an aromatic ring is 2. The second kappa shape index (κ2) is 4.59. The third-order valence-corrected chi connectivity index (χ3v) is 3.83. The minimum absolute atomic E-state index is 0.0471. The summed E-state index contributed by atoms with van der Waals surface area (Å²) in [7, 11) is 0. The molecule has 106 valence electrons. The van der Waals surface area contributed by atoms with E-state index in [1.54, 1.807) is 28.0 Å². The standard InChI is InChI=1S/C13H17N5O2/c14-8-1-2-10(11(15)5-8)12(19)17-3-4-18-9(7-17)6-16-13(18)20/h1-2,5,9H,3-4,6-7,14-15H2,(H,16,20). The van der Waals surface area contributed by atoms with Crippen molar-refractivity contribution >= 4 is 23.3 Å². The Morgan fingerprint density at radius 3 is 2.85 bits per heavy atom. The predicted molar refractivity (Wildman–Crippen MR) is 75.1 cm³/mol. The summed E-state index contributed by atoms with van der Waals surface area (Å²) in [5.74, 6) is -0.110. The lowest BCUT2D eigenvalue weighted by Gasteiger charge is -2.36. The number of nitrogens with two attached hydrogens (primary N) is 2. The highest BCUT2D eigenvalue weighted by Crippen LogP contribution is 2.21. The van der Waals surface area contributed by atoms with Crippen LogP contribution in [-0.2, 0) is 0 Å². The van der Waals surface area contributed by atoms with Crippen molar-refractivity contribution in [3.63, 3.8) is 0 Å². The van der Waals surface area contributed by atoms with Crippen molar-refractivity contribution in [3.8, 4) is 0 Å². The number of amides is 3. The van der Waals surface area contributed by atoms with Gasteiger partial charge in [0, 0.05) is 37.6 Å². The number of rotatable bonds is 1. The van der Waals surface area contributed by atoms with Crippen LogP contribution >= 0.6 is 0 Å². The number of carbonyl (C=O) groups is 2. The third kappa shape index (κ3) is 2.01. The van der Waals surface area contributed by atoms with Crippen LogP contribution in [-0.4, -0.2) is 54.0 Å². The van der Waals surface area contributed by atoms with Gasteiger partial charge >= 0.3 is 6.03 Å². The fourth-order valence-electron chi connectivity index (χ4n) is 2.73. The molecule has 7 nitrogen and oxygen atoms in total. The van der Waals surface area contributed by atoms with Gasteiger partial charge in [0.25, 0.3) is 5.91 Å². The number of nitrogens with zero attached hydrogens (tertiary/aromatic N) is 2. The number of piperazine rings is 1. The van der Waals surface area contributed by atoms with Crippen LogP contribution in [0.3, 0.4) is 0 Å². The number of hydrogen-bond acceptors (Lipinski definition) is 4. The lowest BCUT2D eigenvalue weighted by Crippen LogP contribution is -2.53. The van der Waals surface area contributed by atoms with Crippen LogP contribution in [0.4, 0.5) is 16.2 Å². The van der Waals surface area contributed by atoms with Crippen molar-refractivity contribution in [2.45, 2.75) is 6.04 Å². The zero-order valence-electron chi connectivity index (χ0n) is 11.0. The maximum absolute atomic E-state index is 12.5. The number of anilines is 2. The Morgan fingerprint density at radius 1 is 1.30 bits per heavy atom. The second-order valence-corrected chi connectivity index (χ2v) is 5.13. The summed E-state index contributed by atoms with van der Waals surface area (Å²) in [6.07, 6.45) is 0. The largest absolute Gasteiger partial charge is 0.399 e. The molecule has 1 atom stereocenters. The summed E-state index contributed by atoms with van der Waals surface area (Å²) >= 11 is 0. The van der Waals surface area contributed by atoms with E-state index in [4.69, 9.17) is 11.5 Å². The van der Waals surface area contributed by atoms with Crippen molar-refractivity contribution in [1.82, 2.24) is 15.1 Å². The first kappa shape index (κ1) is 12.6. The van der Waals surface area contributed by atoms with Crippen LogP contribution in [0.2, 0.25) is 0 Å². The Balaban J connectivity index is 1.77. The van der Waals surface area contributed by atoms with E-state index in [0.717, 1.165) is 0 Å². The van der Waals surface area contributed by atoms with Crippen molar-refractivity contribution in [2.24, 2.45) is 0 Å². The van der Waals surface area contributed by atoms with Gasteiger partial charge in [-0.1, -0.05) is 0 Å². The van der Waals surface area contributed by atoms with Gasteiger partial charge in [-0.2, -0.15) is 0 Å². The van der Waals surface area contributed by atoms with Gasteiger partial charge in [-0.05, 0) is 18.2 Å². The molecule has 2 aliphatic heterocycles. The van der Waals surface area contributed by atoms with Crippen LogP contribution in [0.1, 0.15) is 10.4 Å². The molecule has 1 aromatic rings. The molecule has 3 amide bonds. The molecule has 5 N–H and O–H groups in total. The third-order valence-electron chi connectivity index (χ3n) is 3.83. The van der Waals surface area contributed by atoms with E-state index in [1.165, 1.54) is 0 Å². The summed E-state index contributed by atoms with van der Waals surface area (Å²) in [6, 6.07) is 4.91. The maximum atomic E-state index is 12.5. The zero-order valence-corrected chi connectivity index (χ0v) is 11.0. The molecule has 2 saturated heterocycles. The van der Waals surface area contributed by atoms with Gasteiger partial charge in [0.2, 0.25) is 0 Å². The van der Waals surface area contributed by atoms with Gasteiger partial charge in [-0.15, -0.1) is 0 Å². The minimum Gasteiger partial charge on any atom is -0.399 e. The van der Waals surface area contributed by atoms with E-state index in [1.807, 2.05) is 0 Å². The second-order valence-electron chi connectivity index (χ2n) is 5.13. The Labute approximate surface area is 116 Å². The number of benzene rings is 1. The number of carbonyl (C=O) groups excluding carboxylic acids is 2.